The fraction of sp³-hybridized carbons (Fsp3) is 0.409. The highest BCUT2D eigenvalue weighted by atomic mass is 19.1. The smallest absolute Gasteiger partial charge is 0.239 e. The molecule has 1 saturated heterocycles. The summed E-state index contributed by atoms with van der Waals surface area (Å²) in [7, 11) is 1.87. The molecule has 1 fully saturated rings. The van der Waals surface area contributed by atoms with Crippen molar-refractivity contribution >= 4 is 11.6 Å². The van der Waals surface area contributed by atoms with Crippen LogP contribution in [-0.2, 0) is 11.3 Å². The summed E-state index contributed by atoms with van der Waals surface area (Å²) in [5.74, 6) is -0.0649. The van der Waals surface area contributed by atoms with E-state index in [1.165, 1.54) is 12.1 Å². The minimum Gasteiger partial charge on any atom is -0.370 e. The molecule has 144 valence electrons. The van der Waals surface area contributed by atoms with Crippen LogP contribution in [0.5, 0.6) is 0 Å². The monoisotopic (exact) mass is 369 g/mol. The first kappa shape index (κ1) is 19.4. The molecule has 2 aromatic rings. The zero-order valence-electron chi connectivity index (χ0n) is 16.1. The number of anilines is 1. The highest BCUT2D eigenvalue weighted by molar-refractivity contribution is 5.81. The van der Waals surface area contributed by atoms with Gasteiger partial charge in [-0.3, -0.25) is 9.69 Å². The van der Waals surface area contributed by atoms with Gasteiger partial charge in [0.25, 0.3) is 0 Å². The highest BCUT2D eigenvalue weighted by Gasteiger charge is 2.26. The standard InChI is InChI=1S/C22H28FN3O/c1-18(22(27)24(2)17-19-7-4-3-5-8-19)25-13-6-14-26(16-15-25)21-11-9-20(23)10-12-21/h3-5,7-12,18H,6,13-17H2,1-2H3. The second kappa shape index (κ2) is 9.00. The van der Waals surface area contributed by atoms with Gasteiger partial charge in [-0.25, -0.2) is 4.39 Å². The molecule has 1 aliphatic rings. The largest absolute Gasteiger partial charge is 0.370 e. The SMILES string of the molecule is CC(C(=O)N(C)Cc1ccccc1)N1CCCN(c2ccc(F)cc2)CC1. The number of amides is 1. The first-order chi connectivity index (χ1) is 13.0. The van der Waals surface area contributed by atoms with Gasteiger partial charge >= 0.3 is 0 Å². The lowest BCUT2D eigenvalue weighted by Crippen LogP contribution is -2.46. The molecule has 1 atom stereocenters. The number of hydrogen-bond donors (Lipinski definition) is 0. The summed E-state index contributed by atoms with van der Waals surface area (Å²) >= 11 is 0. The minimum atomic E-state index is -0.212. The van der Waals surface area contributed by atoms with E-state index in [0.29, 0.717) is 6.54 Å². The lowest BCUT2D eigenvalue weighted by atomic mass is 10.2. The van der Waals surface area contributed by atoms with E-state index in [9.17, 15) is 9.18 Å². The van der Waals surface area contributed by atoms with E-state index in [1.807, 2.05) is 61.3 Å². The van der Waals surface area contributed by atoms with Crippen LogP contribution in [0.2, 0.25) is 0 Å². The average molecular weight is 369 g/mol. The van der Waals surface area contributed by atoms with Crippen LogP contribution in [0.4, 0.5) is 10.1 Å². The van der Waals surface area contributed by atoms with Crippen LogP contribution in [-0.4, -0.2) is 55.0 Å². The van der Waals surface area contributed by atoms with Gasteiger partial charge in [-0.2, -0.15) is 0 Å². The fourth-order valence-corrected chi connectivity index (χ4v) is 3.65. The molecule has 27 heavy (non-hydrogen) atoms. The van der Waals surface area contributed by atoms with Crippen LogP contribution < -0.4 is 4.90 Å². The molecule has 0 aliphatic carbocycles. The third-order valence-corrected chi connectivity index (χ3v) is 5.27. The zero-order chi connectivity index (χ0) is 19.2. The fourth-order valence-electron chi connectivity index (χ4n) is 3.65. The molecule has 0 aromatic heterocycles. The Kier molecular flexibility index (Phi) is 6.45. The summed E-state index contributed by atoms with van der Waals surface area (Å²) in [5, 5.41) is 0. The van der Waals surface area contributed by atoms with Crippen molar-refractivity contribution in [1.29, 1.82) is 0 Å². The Labute approximate surface area is 161 Å². The van der Waals surface area contributed by atoms with Gasteiger partial charge in [-0.05, 0) is 43.2 Å². The highest BCUT2D eigenvalue weighted by Crippen LogP contribution is 2.18. The van der Waals surface area contributed by atoms with Crippen molar-refractivity contribution in [2.24, 2.45) is 0 Å². The summed E-state index contributed by atoms with van der Waals surface area (Å²) in [6.45, 7) is 6.10. The first-order valence-corrected chi connectivity index (χ1v) is 9.58. The zero-order valence-corrected chi connectivity index (χ0v) is 16.1. The second-order valence-corrected chi connectivity index (χ2v) is 7.21. The molecule has 3 rings (SSSR count). The number of benzene rings is 2. The van der Waals surface area contributed by atoms with E-state index in [2.05, 4.69) is 9.80 Å². The molecule has 1 aliphatic heterocycles. The molecule has 1 amide bonds. The summed E-state index contributed by atoms with van der Waals surface area (Å²) in [6, 6.07) is 16.6. The minimum absolute atomic E-state index is 0.146. The molecule has 1 unspecified atom stereocenters. The quantitative estimate of drug-likeness (QED) is 0.808. The van der Waals surface area contributed by atoms with E-state index in [0.717, 1.165) is 43.9 Å². The summed E-state index contributed by atoms with van der Waals surface area (Å²) < 4.78 is 13.2. The number of carbonyl (C=O) groups is 1. The Balaban J connectivity index is 1.57. The molecule has 5 heteroatoms. The van der Waals surface area contributed by atoms with Crippen LogP contribution in [0, 0.1) is 5.82 Å². The van der Waals surface area contributed by atoms with Crippen LogP contribution in [0.1, 0.15) is 18.9 Å². The van der Waals surface area contributed by atoms with E-state index in [1.54, 1.807) is 0 Å². The van der Waals surface area contributed by atoms with Gasteiger partial charge in [-0.1, -0.05) is 30.3 Å². The Morgan fingerprint density at radius 1 is 1.04 bits per heavy atom. The van der Waals surface area contributed by atoms with Gasteiger partial charge < -0.3 is 9.80 Å². The van der Waals surface area contributed by atoms with Crippen molar-refractivity contribution in [3.05, 3.63) is 66.0 Å². The van der Waals surface area contributed by atoms with Crippen LogP contribution in [0.3, 0.4) is 0 Å². The Hall–Kier alpha value is -2.40. The molecular weight excluding hydrogens is 341 g/mol. The van der Waals surface area contributed by atoms with Gasteiger partial charge in [-0.15, -0.1) is 0 Å². The number of nitrogens with zero attached hydrogens (tertiary/aromatic N) is 3. The predicted octanol–water partition coefficient (Wildman–Crippen LogP) is 3.38. The normalized spacial score (nSPS) is 16.6. The lowest BCUT2D eigenvalue weighted by molar-refractivity contribution is -0.135. The molecule has 0 N–H and O–H groups in total. The van der Waals surface area contributed by atoms with Crippen molar-refractivity contribution in [2.75, 3.05) is 38.1 Å². The maximum absolute atomic E-state index is 13.2. The van der Waals surface area contributed by atoms with Crippen LogP contribution in [0.15, 0.2) is 54.6 Å². The molecule has 1 heterocycles. The maximum Gasteiger partial charge on any atom is 0.239 e. The average Bonchev–Trinajstić information content (AvgIpc) is 2.94. The number of halogens is 1. The third kappa shape index (κ3) is 5.07. The van der Waals surface area contributed by atoms with E-state index < -0.39 is 0 Å². The molecule has 0 saturated carbocycles. The molecule has 0 bridgehead atoms. The van der Waals surface area contributed by atoms with Crippen molar-refractivity contribution in [1.82, 2.24) is 9.80 Å². The second-order valence-electron chi connectivity index (χ2n) is 7.21. The Morgan fingerprint density at radius 3 is 2.44 bits per heavy atom. The van der Waals surface area contributed by atoms with Crippen LogP contribution >= 0.6 is 0 Å². The molecule has 2 aromatic carbocycles. The summed E-state index contributed by atoms with van der Waals surface area (Å²) in [5.41, 5.74) is 2.18. The van der Waals surface area contributed by atoms with Crippen molar-refractivity contribution in [3.63, 3.8) is 0 Å². The number of hydrogen-bond acceptors (Lipinski definition) is 3. The van der Waals surface area contributed by atoms with Crippen molar-refractivity contribution in [3.8, 4) is 0 Å². The predicted molar refractivity (Wildman–Crippen MR) is 107 cm³/mol. The van der Waals surface area contributed by atoms with Crippen molar-refractivity contribution < 1.29 is 9.18 Å². The maximum atomic E-state index is 13.2. The molecule has 4 nitrogen and oxygen atoms in total. The number of likely N-dealkylation sites (N-methyl/N-ethyl adjacent to an activating group) is 1. The third-order valence-electron chi connectivity index (χ3n) is 5.27. The topological polar surface area (TPSA) is 26.8 Å². The van der Waals surface area contributed by atoms with Gasteiger partial charge in [0.15, 0.2) is 0 Å². The van der Waals surface area contributed by atoms with E-state index in [-0.39, 0.29) is 17.8 Å². The van der Waals surface area contributed by atoms with Gasteiger partial charge in [0.1, 0.15) is 5.82 Å². The Morgan fingerprint density at radius 2 is 1.74 bits per heavy atom. The van der Waals surface area contributed by atoms with E-state index in [4.69, 9.17) is 0 Å². The van der Waals surface area contributed by atoms with Crippen molar-refractivity contribution in [2.45, 2.75) is 25.9 Å². The lowest BCUT2D eigenvalue weighted by Gasteiger charge is -2.30. The van der Waals surface area contributed by atoms with Gasteiger partial charge in [0, 0.05) is 45.5 Å². The van der Waals surface area contributed by atoms with Crippen LogP contribution in [0.25, 0.3) is 0 Å². The summed E-state index contributed by atoms with van der Waals surface area (Å²) in [4.78, 5) is 19.2. The number of carbonyl (C=O) groups excluding carboxylic acids is 1. The molecular formula is C22H28FN3O. The molecule has 0 radical (unpaired) electrons. The Bertz CT molecular complexity index is 735. The summed E-state index contributed by atoms with van der Waals surface area (Å²) in [6.07, 6.45) is 0.984. The molecule has 0 spiro atoms. The first-order valence-electron chi connectivity index (χ1n) is 9.58. The van der Waals surface area contributed by atoms with E-state index >= 15 is 0 Å². The van der Waals surface area contributed by atoms with Gasteiger partial charge in [0.05, 0.1) is 6.04 Å². The number of rotatable bonds is 5. The van der Waals surface area contributed by atoms with Gasteiger partial charge in [0.2, 0.25) is 5.91 Å².